The number of carbonyl (C=O) groups excluding carboxylic acids is 1. The predicted octanol–water partition coefficient (Wildman–Crippen LogP) is 2.20. The van der Waals surface area contributed by atoms with Crippen LogP contribution >= 0.6 is 0 Å². The van der Waals surface area contributed by atoms with E-state index in [1.165, 1.54) is 0 Å². The number of nitrogens with zero attached hydrogens (tertiary/aromatic N) is 2. The molecule has 1 amide bonds. The van der Waals surface area contributed by atoms with Crippen molar-refractivity contribution in [3.8, 4) is 0 Å². The third kappa shape index (κ3) is 2.01. The molecule has 1 aliphatic heterocycles. The Balaban J connectivity index is 2.08. The number of hydrogen-bond acceptors (Lipinski definition) is 3. The molecule has 2 atom stereocenters. The summed E-state index contributed by atoms with van der Waals surface area (Å²) in [5.41, 5.74) is 1.08. The highest BCUT2D eigenvalue weighted by Crippen LogP contribution is 2.23. The van der Waals surface area contributed by atoms with Gasteiger partial charge in [0.1, 0.15) is 6.10 Å². The molecule has 16 heavy (non-hydrogen) atoms. The molecule has 2 heterocycles. The lowest BCUT2D eigenvalue weighted by Gasteiger charge is -2.20. The van der Waals surface area contributed by atoms with Gasteiger partial charge in [-0.15, -0.1) is 0 Å². The van der Waals surface area contributed by atoms with E-state index in [1.54, 1.807) is 17.3 Å². The van der Waals surface area contributed by atoms with E-state index in [4.69, 9.17) is 4.74 Å². The van der Waals surface area contributed by atoms with Crippen molar-refractivity contribution in [3.05, 3.63) is 30.1 Å². The van der Waals surface area contributed by atoms with Crippen LogP contribution in [0.2, 0.25) is 0 Å². The lowest BCUT2D eigenvalue weighted by Crippen LogP contribution is -2.33. The second-order valence-corrected chi connectivity index (χ2v) is 4.05. The highest BCUT2D eigenvalue weighted by Gasteiger charge is 2.37. The number of aromatic nitrogens is 1. The summed E-state index contributed by atoms with van der Waals surface area (Å²) in [4.78, 5) is 17.4. The summed E-state index contributed by atoms with van der Waals surface area (Å²) >= 11 is 0. The van der Waals surface area contributed by atoms with Crippen LogP contribution < -0.4 is 0 Å². The third-order valence-electron chi connectivity index (χ3n) is 3.02. The van der Waals surface area contributed by atoms with Gasteiger partial charge in [0.2, 0.25) is 0 Å². The second kappa shape index (κ2) is 4.51. The van der Waals surface area contributed by atoms with Crippen LogP contribution in [0.15, 0.2) is 24.5 Å². The molecule has 1 aliphatic rings. The molecule has 0 aromatic carbocycles. The van der Waals surface area contributed by atoms with Crippen LogP contribution in [0.3, 0.4) is 0 Å². The van der Waals surface area contributed by atoms with Crippen LogP contribution in [0.25, 0.3) is 0 Å². The summed E-state index contributed by atoms with van der Waals surface area (Å²) in [7, 11) is 0. The minimum Gasteiger partial charge on any atom is -0.444 e. The summed E-state index contributed by atoms with van der Waals surface area (Å²) in [6.45, 7) is 4.66. The minimum absolute atomic E-state index is 0.0225. The number of hydrogen-bond donors (Lipinski definition) is 0. The van der Waals surface area contributed by atoms with Crippen molar-refractivity contribution in [2.75, 3.05) is 0 Å². The summed E-state index contributed by atoms with van der Waals surface area (Å²) in [6, 6.07) is 3.98. The molecular formula is C12H16N2O2. The van der Waals surface area contributed by atoms with Crippen molar-refractivity contribution in [2.45, 2.75) is 39.0 Å². The Labute approximate surface area is 95.2 Å². The Morgan fingerprint density at radius 2 is 2.12 bits per heavy atom. The van der Waals surface area contributed by atoms with Gasteiger partial charge in [-0.25, -0.2) is 4.79 Å². The van der Waals surface area contributed by atoms with Crippen LogP contribution in [0.1, 0.15) is 25.8 Å². The predicted molar refractivity (Wildman–Crippen MR) is 59.8 cm³/mol. The molecule has 1 aromatic heterocycles. The first-order chi connectivity index (χ1) is 7.72. The minimum atomic E-state index is -0.212. The summed E-state index contributed by atoms with van der Waals surface area (Å²) in [5, 5.41) is 0. The van der Waals surface area contributed by atoms with E-state index < -0.39 is 0 Å². The van der Waals surface area contributed by atoms with E-state index in [1.807, 2.05) is 26.0 Å². The van der Waals surface area contributed by atoms with E-state index in [0.717, 1.165) is 12.0 Å². The van der Waals surface area contributed by atoms with Gasteiger partial charge in [-0.05, 0) is 31.0 Å². The van der Waals surface area contributed by atoms with Gasteiger partial charge >= 0.3 is 6.09 Å². The molecule has 2 rings (SSSR count). The molecule has 4 heteroatoms. The van der Waals surface area contributed by atoms with Crippen molar-refractivity contribution < 1.29 is 9.53 Å². The Morgan fingerprint density at radius 3 is 2.69 bits per heavy atom. The van der Waals surface area contributed by atoms with Gasteiger partial charge in [0, 0.05) is 18.9 Å². The van der Waals surface area contributed by atoms with Gasteiger partial charge in [0.05, 0.1) is 6.04 Å². The van der Waals surface area contributed by atoms with Crippen LogP contribution in [-0.2, 0) is 11.3 Å². The molecule has 0 aliphatic carbocycles. The number of carbonyl (C=O) groups is 1. The fraction of sp³-hybridized carbons (Fsp3) is 0.500. The standard InChI is InChI=1S/C12H16N2O2/c1-3-11-9(2)14(12(15)16-11)8-10-4-6-13-7-5-10/h4-7,9,11H,3,8H2,1-2H3/t9-,11-/m1/s1. The van der Waals surface area contributed by atoms with Crippen LogP contribution in [0.4, 0.5) is 4.79 Å². The van der Waals surface area contributed by atoms with Gasteiger partial charge in [-0.3, -0.25) is 9.88 Å². The Kier molecular flexibility index (Phi) is 3.08. The largest absolute Gasteiger partial charge is 0.444 e. The average Bonchev–Trinajstić information content (AvgIpc) is 2.58. The fourth-order valence-electron chi connectivity index (χ4n) is 1.98. The summed E-state index contributed by atoms with van der Waals surface area (Å²) < 4.78 is 5.28. The van der Waals surface area contributed by atoms with Gasteiger partial charge in [0.25, 0.3) is 0 Å². The number of amides is 1. The molecule has 1 aromatic rings. The van der Waals surface area contributed by atoms with Gasteiger partial charge in [-0.1, -0.05) is 6.92 Å². The summed E-state index contributed by atoms with van der Waals surface area (Å²) in [5.74, 6) is 0. The Morgan fingerprint density at radius 1 is 1.44 bits per heavy atom. The monoisotopic (exact) mass is 220 g/mol. The molecule has 0 unspecified atom stereocenters. The zero-order chi connectivity index (χ0) is 11.5. The van der Waals surface area contributed by atoms with Crippen molar-refractivity contribution >= 4 is 6.09 Å². The maximum atomic E-state index is 11.6. The normalized spacial score (nSPS) is 24.6. The molecular weight excluding hydrogens is 204 g/mol. The maximum Gasteiger partial charge on any atom is 0.410 e. The Hall–Kier alpha value is -1.58. The van der Waals surface area contributed by atoms with Crippen LogP contribution in [0.5, 0.6) is 0 Å². The number of rotatable bonds is 3. The lowest BCUT2D eigenvalue weighted by atomic mass is 10.1. The second-order valence-electron chi connectivity index (χ2n) is 4.05. The lowest BCUT2D eigenvalue weighted by molar-refractivity contribution is 0.128. The molecule has 0 spiro atoms. The van der Waals surface area contributed by atoms with Gasteiger partial charge in [0.15, 0.2) is 0 Å². The maximum absolute atomic E-state index is 11.6. The number of cyclic esters (lactones) is 1. The Bertz CT molecular complexity index is 367. The van der Waals surface area contributed by atoms with E-state index in [-0.39, 0.29) is 18.2 Å². The zero-order valence-electron chi connectivity index (χ0n) is 9.59. The van der Waals surface area contributed by atoms with Crippen molar-refractivity contribution in [1.29, 1.82) is 0 Å². The number of ether oxygens (including phenoxy) is 1. The van der Waals surface area contributed by atoms with E-state index in [0.29, 0.717) is 6.54 Å². The van der Waals surface area contributed by atoms with E-state index in [9.17, 15) is 4.79 Å². The van der Waals surface area contributed by atoms with E-state index >= 15 is 0 Å². The molecule has 0 radical (unpaired) electrons. The smallest absolute Gasteiger partial charge is 0.410 e. The first-order valence-corrected chi connectivity index (χ1v) is 5.58. The molecule has 0 saturated carbocycles. The SMILES string of the molecule is CC[C@H]1OC(=O)N(Cc2ccncc2)[C@@H]1C. The molecule has 0 bridgehead atoms. The number of pyridine rings is 1. The third-order valence-corrected chi connectivity index (χ3v) is 3.02. The average molecular weight is 220 g/mol. The van der Waals surface area contributed by atoms with Crippen LogP contribution in [0, 0.1) is 0 Å². The first-order valence-electron chi connectivity index (χ1n) is 5.58. The highest BCUT2D eigenvalue weighted by molar-refractivity contribution is 5.70. The fourth-order valence-corrected chi connectivity index (χ4v) is 1.98. The van der Waals surface area contributed by atoms with Crippen molar-refractivity contribution in [3.63, 3.8) is 0 Å². The summed E-state index contributed by atoms with van der Waals surface area (Å²) in [6.07, 6.45) is 4.14. The quantitative estimate of drug-likeness (QED) is 0.784. The van der Waals surface area contributed by atoms with Crippen molar-refractivity contribution in [2.24, 2.45) is 0 Å². The zero-order valence-corrected chi connectivity index (χ0v) is 9.59. The molecule has 1 fully saturated rings. The topological polar surface area (TPSA) is 42.4 Å². The van der Waals surface area contributed by atoms with Gasteiger partial charge < -0.3 is 4.74 Å². The van der Waals surface area contributed by atoms with E-state index in [2.05, 4.69) is 4.98 Å². The molecule has 86 valence electrons. The van der Waals surface area contributed by atoms with Crippen molar-refractivity contribution in [1.82, 2.24) is 9.88 Å². The molecule has 4 nitrogen and oxygen atoms in total. The first kappa shape index (κ1) is 10.9. The molecule has 0 N–H and O–H groups in total. The highest BCUT2D eigenvalue weighted by atomic mass is 16.6. The molecule has 1 saturated heterocycles. The van der Waals surface area contributed by atoms with Crippen LogP contribution in [-0.4, -0.2) is 28.1 Å². The van der Waals surface area contributed by atoms with Gasteiger partial charge in [-0.2, -0.15) is 0 Å².